The summed E-state index contributed by atoms with van der Waals surface area (Å²) in [4.78, 5) is 11.4. The van der Waals surface area contributed by atoms with Crippen molar-refractivity contribution in [1.82, 2.24) is 15.6 Å². The molecule has 1 rings (SSSR count). The minimum Gasteiger partial charge on any atom is -0.393 e. The van der Waals surface area contributed by atoms with Crippen LogP contribution in [0.1, 0.15) is 35.9 Å². The molecule has 0 spiro atoms. The second kappa shape index (κ2) is 5.45. The lowest BCUT2D eigenvalue weighted by atomic mass is 10.2. The van der Waals surface area contributed by atoms with E-state index >= 15 is 0 Å². The van der Waals surface area contributed by atoms with Crippen LogP contribution in [0.4, 0.5) is 0 Å². The first-order valence-electron chi connectivity index (χ1n) is 4.90. The van der Waals surface area contributed by atoms with Crippen molar-refractivity contribution < 1.29 is 14.5 Å². The molecule has 0 aliphatic carbocycles. The maximum absolute atomic E-state index is 11.4. The van der Waals surface area contributed by atoms with Crippen LogP contribution in [0.5, 0.6) is 0 Å². The van der Waals surface area contributed by atoms with Gasteiger partial charge in [-0.1, -0.05) is 12.1 Å². The number of carbonyl (C=O) groups is 1. The summed E-state index contributed by atoms with van der Waals surface area (Å²) in [6.45, 7) is 3.95. The Morgan fingerprint density at radius 2 is 2.33 bits per heavy atom. The third-order valence-electron chi connectivity index (χ3n) is 2.10. The summed E-state index contributed by atoms with van der Waals surface area (Å²) in [5, 5.41) is 18.9. The number of aryl methyl sites for hydroxylation is 1. The van der Waals surface area contributed by atoms with E-state index in [1.54, 1.807) is 6.92 Å². The van der Waals surface area contributed by atoms with Gasteiger partial charge in [-0.15, -0.1) is 0 Å². The Balaban J connectivity index is 2.34. The fraction of sp³-hybridized carbons (Fsp3) is 0.667. The van der Waals surface area contributed by atoms with Crippen LogP contribution in [-0.2, 0) is 0 Å². The topological polar surface area (TPSA) is 88.2 Å². The first-order valence-corrected chi connectivity index (χ1v) is 4.90. The average Bonchev–Trinajstić information content (AvgIpc) is 2.64. The normalized spacial score (nSPS) is 12.5. The van der Waals surface area contributed by atoms with Gasteiger partial charge in [-0.2, -0.15) is 0 Å². The molecule has 1 aromatic rings. The Morgan fingerprint density at radius 1 is 1.60 bits per heavy atom. The van der Waals surface area contributed by atoms with Gasteiger partial charge in [0.25, 0.3) is 5.91 Å². The van der Waals surface area contributed by atoms with Gasteiger partial charge >= 0.3 is 0 Å². The maximum Gasteiger partial charge on any atom is 0.275 e. The number of aliphatic hydroxyl groups excluding tert-OH is 1. The number of amides is 1. The van der Waals surface area contributed by atoms with Gasteiger partial charge < -0.3 is 10.4 Å². The van der Waals surface area contributed by atoms with Crippen LogP contribution >= 0.6 is 0 Å². The van der Waals surface area contributed by atoms with E-state index in [9.17, 15) is 9.90 Å². The predicted octanol–water partition coefficient (Wildman–Crippen LogP) is 0.269. The summed E-state index contributed by atoms with van der Waals surface area (Å²) in [5.41, 5.74) is 0.657. The highest BCUT2D eigenvalue weighted by Gasteiger charge is 2.14. The van der Waals surface area contributed by atoms with E-state index in [0.717, 1.165) is 0 Å². The van der Waals surface area contributed by atoms with Crippen LogP contribution in [0, 0.1) is 6.92 Å². The molecule has 0 fully saturated rings. The van der Waals surface area contributed by atoms with Crippen molar-refractivity contribution in [3.05, 3.63) is 11.4 Å². The SMILES string of the molecule is CCC(O)CCNC(=O)c1nonc1C. The lowest BCUT2D eigenvalue weighted by Gasteiger charge is -2.07. The molecular formula is C9H15N3O3. The quantitative estimate of drug-likeness (QED) is 0.732. The van der Waals surface area contributed by atoms with Crippen molar-refractivity contribution in [2.24, 2.45) is 0 Å². The molecule has 2 N–H and O–H groups in total. The van der Waals surface area contributed by atoms with Gasteiger partial charge in [0, 0.05) is 6.54 Å². The number of nitrogens with one attached hydrogen (secondary N) is 1. The van der Waals surface area contributed by atoms with Crippen LogP contribution in [-0.4, -0.2) is 34.0 Å². The second-order valence-electron chi connectivity index (χ2n) is 3.30. The minimum absolute atomic E-state index is 0.195. The molecule has 0 bridgehead atoms. The maximum atomic E-state index is 11.4. The van der Waals surface area contributed by atoms with Gasteiger partial charge in [-0.25, -0.2) is 4.63 Å². The molecule has 0 radical (unpaired) electrons. The molecule has 0 aliphatic heterocycles. The van der Waals surface area contributed by atoms with Gasteiger partial charge in [0.05, 0.1) is 6.10 Å². The standard InChI is InChI=1S/C9H15N3O3/c1-3-7(13)4-5-10-9(14)8-6(2)11-15-12-8/h7,13H,3-5H2,1-2H3,(H,10,14). The summed E-state index contributed by atoms with van der Waals surface area (Å²) in [6.07, 6.45) is 0.842. The molecule has 0 saturated carbocycles. The first-order chi connectivity index (χ1) is 7.15. The zero-order valence-electron chi connectivity index (χ0n) is 8.86. The Bertz CT molecular complexity index is 324. The summed E-state index contributed by atoms with van der Waals surface area (Å²) in [7, 11) is 0. The second-order valence-corrected chi connectivity index (χ2v) is 3.30. The van der Waals surface area contributed by atoms with E-state index in [0.29, 0.717) is 25.1 Å². The first kappa shape index (κ1) is 11.6. The number of hydrogen-bond donors (Lipinski definition) is 2. The molecule has 0 aliphatic rings. The van der Waals surface area contributed by atoms with Crippen molar-refractivity contribution in [2.45, 2.75) is 32.8 Å². The Kier molecular flexibility index (Phi) is 4.23. The van der Waals surface area contributed by atoms with Gasteiger partial charge in [-0.05, 0) is 24.9 Å². The van der Waals surface area contributed by atoms with E-state index in [2.05, 4.69) is 20.3 Å². The third-order valence-corrected chi connectivity index (χ3v) is 2.10. The van der Waals surface area contributed by atoms with Crippen molar-refractivity contribution in [2.75, 3.05) is 6.54 Å². The highest BCUT2D eigenvalue weighted by atomic mass is 16.6. The van der Waals surface area contributed by atoms with Gasteiger partial charge in [0.15, 0.2) is 5.69 Å². The number of rotatable bonds is 5. The fourth-order valence-electron chi connectivity index (χ4n) is 1.08. The lowest BCUT2D eigenvalue weighted by molar-refractivity contribution is 0.0932. The molecule has 15 heavy (non-hydrogen) atoms. The number of carbonyl (C=O) groups excluding carboxylic acids is 1. The molecule has 1 amide bonds. The summed E-state index contributed by atoms with van der Waals surface area (Å²) in [6, 6.07) is 0. The highest BCUT2D eigenvalue weighted by Crippen LogP contribution is 2.00. The molecule has 1 aromatic heterocycles. The molecule has 1 heterocycles. The predicted molar refractivity (Wildman–Crippen MR) is 52.3 cm³/mol. The number of hydrogen-bond acceptors (Lipinski definition) is 5. The van der Waals surface area contributed by atoms with Crippen LogP contribution in [0.25, 0.3) is 0 Å². The summed E-state index contributed by atoms with van der Waals surface area (Å²) >= 11 is 0. The summed E-state index contributed by atoms with van der Waals surface area (Å²) in [5.74, 6) is -0.322. The monoisotopic (exact) mass is 213 g/mol. The van der Waals surface area contributed by atoms with E-state index in [1.165, 1.54) is 0 Å². The van der Waals surface area contributed by atoms with Crippen LogP contribution in [0.3, 0.4) is 0 Å². The molecule has 6 heteroatoms. The lowest BCUT2D eigenvalue weighted by Crippen LogP contribution is -2.27. The van der Waals surface area contributed by atoms with Crippen LogP contribution < -0.4 is 5.32 Å². The van der Waals surface area contributed by atoms with Gasteiger partial charge in [0.1, 0.15) is 5.69 Å². The van der Waals surface area contributed by atoms with Crippen molar-refractivity contribution in [3.63, 3.8) is 0 Å². The average molecular weight is 213 g/mol. The molecule has 1 unspecified atom stereocenters. The molecule has 6 nitrogen and oxygen atoms in total. The largest absolute Gasteiger partial charge is 0.393 e. The zero-order valence-corrected chi connectivity index (χ0v) is 8.86. The molecular weight excluding hydrogens is 198 g/mol. The molecule has 1 atom stereocenters. The van der Waals surface area contributed by atoms with Crippen LogP contribution in [0.15, 0.2) is 4.63 Å². The van der Waals surface area contributed by atoms with Crippen molar-refractivity contribution in [3.8, 4) is 0 Å². The Morgan fingerprint density at radius 3 is 2.87 bits per heavy atom. The van der Waals surface area contributed by atoms with Crippen LogP contribution in [0.2, 0.25) is 0 Å². The van der Waals surface area contributed by atoms with E-state index in [4.69, 9.17) is 0 Å². The number of nitrogens with zero attached hydrogens (tertiary/aromatic N) is 2. The third kappa shape index (κ3) is 3.32. The Hall–Kier alpha value is -1.43. The summed E-state index contributed by atoms with van der Waals surface area (Å²) < 4.78 is 4.40. The van der Waals surface area contributed by atoms with Crippen molar-refractivity contribution in [1.29, 1.82) is 0 Å². The van der Waals surface area contributed by atoms with Gasteiger partial charge in [0.2, 0.25) is 0 Å². The molecule has 0 saturated heterocycles. The van der Waals surface area contributed by atoms with Crippen molar-refractivity contribution >= 4 is 5.91 Å². The van der Waals surface area contributed by atoms with E-state index in [-0.39, 0.29) is 17.7 Å². The minimum atomic E-state index is -0.373. The molecule has 84 valence electrons. The number of aliphatic hydroxyl groups is 1. The smallest absolute Gasteiger partial charge is 0.275 e. The van der Waals surface area contributed by atoms with E-state index in [1.807, 2.05) is 6.92 Å². The Labute approximate surface area is 87.6 Å². The fourth-order valence-corrected chi connectivity index (χ4v) is 1.08. The number of aromatic nitrogens is 2. The van der Waals surface area contributed by atoms with Gasteiger partial charge in [-0.3, -0.25) is 4.79 Å². The molecule has 0 aromatic carbocycles. The zero-order chi connectivity index (χ0) is 11.3. The van der Waals surface area contributed by atoms with E-state index < -0.39 is 0 Å². The highest BCUT2D eigenvalue weighted by molar-refractivity contribution is 5.92.